The molecule has 66 valence electrons. The minimum absolute atomic E-state index is 0.948. The van der Waals surface area contributed by atoms with Gasteiger partial charge >= 0.3 is 0 Å². The number of rotatable bonds is 0. The number of aliphatic imine (C=N–C) groups is 1. The van der Waals surface area contributed by atoms with E-state index in [1.165, 1.54) is 22.6 Å². The highest BCUT2D eigenvalue weighted by molar-refractivity contribution is 6.14. The van der Waals surface area contributed by atoms with Gasteiger partial charge in [0.05, 0.1) is 11.4 Å². The topological polar surface area (TPSA) is 24.4 Å². The van der Waals surface area contributed by atoms with Gasteiger partial charge in [-0.1, -0.05) is 12.2 Å². The Morgan fingerprint density at radius 2 is 2.38 bits per heavy atom. The van der Waals surface area contributed by atoms with E-state index in [1.54, 1.807) is 0 Å². The van der Waals surface area contributed by atoms with Crippen LogP contribution in [0.5, 0.6) is 0 Å². The van der Waals surface area contributed by atoms with Gasteiger partial charge in [0.2, 0.25) is 0 Å². The van der Waals surface area contributed by atoms with Crippen molar-refractivity contribution in [2.75, 3.05) is 13.1 Å². The van der Waals surface area contributed by atoms with Gasteiger partial charge in [-0.15, -0.1) is 0 Å². The van der Waals surface area contributed by atoms with Gasteiger partial charge in [-0.05, 0) is 31.0 Å². The zero-order valence-electron chi connectivity index (χ0n) is 7.51. The molecule has 0 bridgehead atoms. The normalized spacial score (nSPS) is 25.2. The summed E-state index contributed by atoms with van der Waals surface area (Å²) in [6, 6.07) is 0. The van der Waals surface area contributed by atoms with Crippen molar-refractivity contribution in [2.45, 2.75) is 12.8 Å². The van der Waals surface area contributed by atoms with E-state index in [4.69, 9.17) is 0 Å². The van der Waals surface area contributed by atoms with Crippen LogP contribution in [0.1, 0.15) is 12.8 Å². The lowest BCUT2D eigenvalue weighted by atomic mass is 9.94. The van der Waals surface area contributed by atoms with Gasteiger partial charge in [-0.3, -0.25) is 4.99 Å². The number of allylic oxidation sites excluding steroid dienone is 4. The number of hydrogen-bond acceptors (Lipinski definition) is 2. The predicted octanol–water partition coefficient (Wildman–Crippen LogP) is 1.57. The van der Waals surface area contributed by atoms with E-state index in [1.807, 2.05) is 0 Å². The minimum Gasteiger partial charge on any atom is -0.311 e. The zero-order chi connectivity index (χ0) is 8.67. The molecule has 0 atom stereocenters. The Labute approximate surface area is 77.7 Å². The van der Waals surface area contributed by atoms with Crippen LogP contribution in [0.4, 0.5) is 0 Å². The molecule has 0 saturated heterocycles. The fourth-order valence-electron chi connectivity index (χ4n) is 2.15. The fraction of sp³-hybridized carbons (Fsp3) is 0.364. The maximum absolute atomic E-state index is 4.61. The maximum atomic E-state index is 4.61. The number of nitrogens with one attached hydrogen (secondary N) is 1. The van der Waals surface area contributed by atoms with Gasteiger partial charge in [0.25, 0.3) is 0 Å². The van der Waals surface area contributed by atoms with Crippen molar-refractivity contribution in [3.63, 3.8) is 0 Å². The van der Waals surface area contributed by atoms with Crippen molar-refractivity contribution in [3.05, 3.63) is 35.1 Å². The third-order valence-electron chi connectivity index (χ3n) is 2.78. The molecule has 0 unspecified atom stereocenters. The van der Waals surface area contributed by atoms with Crippen molar-refractivity contribution >= 4 is 5.71 Å². The van der Waals surface area contributed by atoms with Gasteiger partial charge in [0, 0.05) is 12.1 Å². The number of hydrogen-bond donors (Lipinski definition) is 1. The van der Waals surface area contributed by atoms with E-state index < -0.39 is 0 Å². The van der Waals surface area contributed by atoms with Gasteiger partial charge in [-0.25, -0.2) is 0 Å². The van der Waals surface area contributed by atoms with Gasteiger partial charge in [-0.2, -0.15) is 0 Å². The van der Waals surface area contributed by atoms with Crippen LogP contribution in [-0.4, -0.2) is 18.8 Å². The maximum Gasteiger partial charge on any atom is 0.0703 e. The smallest absolute Gasteiger partial charge is 0.0703 e. The lowest BCUT2D eigenvalue weighted by Gasteiger charge is -2.15. The van der Waals surface area contributed by atoms with Crippen molar-refractivity contribution in [1.29, 1.82) is 0 Å². The van der Waals surface area contributed by atoms with Crippen LogP contribution in [-0.2, 0) is 0 Å². The molecule has 0 fully saturated rings. The van der Waals surface area contributed by atoms with E-state index in [0.29, 0.717) is 0 Å². The molecule has 13 heavy (non-hydrogen) atoms. The first-order chi connectivity index (χ1) is 6.45. The molecular formula is C11H12N2. The molecule has 0 radical (unpaired) electrons. The van der Waals surface area contributed by atoms with E-state index in [0.717, 1.165) is 25.9 Å². The van der Waals surface area contributed by atoms with Crippen molar-refractivity contribution in [2.24, 2.45) is 4.99 Å². The SMILES string of the molecule is C1=CC2=NC3=C(CCNC3)C2=CC1. The summed E-state index contributed by atoms with van der Waals surface area (Å²) in [5, 5.41) is 3.35. The first-order valence-electron chi connectivity index (χ1n) is 4.84. The molecule has 0 saturated carbocycles. The average Bonchev–Trinajstić information content (AvgIpc) is 2.56. The predicted molar refractivity (Wildman–Crippen MR) is 53.8 cm³/mol. The van der Waals surface area contributed by atoms with Crippen LogP contribution < -0.4 is 5.32 Å². The molecule has 1 aliphatic carbocycles. The highest BCUT2D eigenvalue weighted by Gasteiger charge is 2.24. The Hall–Kier alpha value is -1.15. The first kappa shape index (κ1) is 7.27. The first-order valence-corrected chi connectivity index (χ1v) is 4.84. The molecule has 0 aromatic carbocycles. The van der Waals surface area contributed by atoms with Crippen LogP contribution in [0.15, 0.2) is 40.1 Å². The second-order valence-electron chi connectivity index (χ2n) is 3.60. The van der Waals surface area contributed by atoms with E-state index in [-0.39, 0.29) is 0 Å². The lowest BCUT2D eigenvalue weighted by Crippen LogP contribution is -2.23. The molecule has 0 spiro atoms. The highest BCUT2D eigenvalue weighted by atomic mass is 14.9. The van der Waals surface area contributed by atoms with Crippen LogP contribution >= 0.6 is 0 Å². The molecule has 0 amide bonds. The fourth-order valence-corrected chi connectivity index (χ4v) is 2.15. The number of fused-ring (bicyclic) bond motifs is 2. The minimum atomic E-state index is 0.948. The van der Waals surface area contributed by atoms with E-state index >= 15 is 0 Å². The second-order valence-corrected chi connectivity index (χ2v) is 3.60. The average molecular weight is 172 g/mol. The largest absolute Gasteiger partial charge is 0.311 e. The molecule has 0 aromatic rings. The third-order valence-corrected chi connectivity index (χ3v) is 2.78. The summed E-state index contributed by atoms with van der Waals surface area (Å²) >= 11 is 0. The Balaban J connectivity index is 2.07. The zero-order valence-corrected chi connectivity index (χ0v) is 7.51. The molecule has 2 aliphatic heterocycles. The summed E-state index contributed by atoms with van der Waals surface area (Å²) in [5.41, 5.74) is 5.33. The number of nitrogens with zero attached hydrogens (tertiary/aromatic N) is 1. The highest BCUT2D eigenvalue weighted by Crippen LogP contribution is 2.31. The molecule has 3 aliphatic rings. The molecule has 1 N–H and O–H groups in total. The van der Waals surface area contributed by atoms with Crippen LogP contribution in [0, 0.1) is 0 Å². The summed E-state index contributed by atoms with van der Waals surface area (Å²) in [6.45, 7) is 2.05. The van der Waals surface area contributed by atoms with Crippen molar-refractivity contribution in [3.8, 4) is 0 Å². The Morgan fingerprint density at radius 3 is 3.38 bits per heavy atom. The monoisotopic (exact) mass is 172 g/mol. The lowest BCUT2D eigenvalue weighted by molar-refractivity contribution is 0.684. The van der Waals surface area contributed by atoms with Crippen LogP contribution in [0.2, 0.25) is 0 Å². The molecule has 0 aromatic heterocycles. The van der Waals surface area contributed by atoms with Crippen LogP contribution in [0.3, 0.4) is 0 Å². The Morgan fingerprint density at radius 1 is 1.38 bits per heavy atom. The van der Waals surface area contributed by atoms with Gasteiger partial charge in [0.1, 0.15) is 0 Å². The van der Waals surface area contributed by atoms with E-state index in [2.05, 4.69) is 28.5 Å². The summed E-state index contributed by atoms with van der Waals surface area (Å²) < 4.78 is 0. The summed E-state index contributed by atoms with van der Waals surface area (Å²) in [5.74, 6) is 0. The third kappa shape index (κ3) is 1.02. The van der Waals surface area contributed by atoms with Crippen molar-refractivity contribution < 1.29 is 0 Å². The Kier molecular flexibility index (Phi) is 1.49. The van der Waals surface area contributed by atoms with E-state index in [9.17, 15) is 0 Å². The molecule has 2 heterocycles. The standard InChI is InChI=1S/C11H12N2/c1-2-4-10-8(3-1)9-5-6-12-7-11(9)13-10/h2-4,12H,1,5-7H2. The molecular weight excluding hydrogens is 160 g/mol. The molecule has 2 nitrogen and oxygen atoms in total. The quantitative estimate of drug-likeness (QED) is 0.589. The Bertz CT molecular complexity index is 370. The molecule has 2 heteroatoms. The second kappa shape index (κ2) is 2.67. The summed E-state index contributed by atoms with van der Waals surface area (Å²) in [6.07, 6.45) is 8.83. The van der Waals surface area contributed by atoms with Crippen LogP contribution in [0.25, 0.3) is 0 Å². The summed E-state index contributed by atoms with van der Waals surface area (Å²) in [4.78, 5) is 4.61. The summed E-state index contributed by atoms with van der Waals surface area (Å²) in [7, 11) is 0. The van der Waals surface area contributed by atoms with Crippen molar-refractivity contribution in [1.82, 2.24) is 5.32 Å². The van der Waals surface area contributed by atoms with Gasteiger partial charge in [0.15, 0.2) is 0 Å². The van der Waals surface area contributed by atoms with Gasteiger partial charge < -0.3 is 5.32 Å². The molecule has 3 rings (SSSR count).